The molecule has 2 aliphatic rings. The third-order valence-electron chi connectivity index (χ3n) is 5.37. The van der Waals surface area contributed by atoms with Crippen molar-refractivity contribution < 1.29 is 9.21 Å². The van der Waals surface area contributed by atoms with E-state index >= 15 is 0 Å². The molecule has 1 atom stereocenters. The lowest BCUT2D eigenvalue weighted by Gasteiger charge is -2.21. The average Bonchev–Trinajstić information content (AvgIpc) is 3.10. The van der Waals surface area contributed by atoms with Gasteiger partial charge < -0.3 is 9.32 Å². The van der Waals surface area contributed by atoms with Gasteiger partial charge in [-0.05, 0) is 49.9 Å². The Hall–Kier alpha value is -2.54. The summed E-state index contributed by atoms with van der Waals surface area (Å²) in [5.41, 5.74) is 2.28. The van der Waals surface area contributed by atoms with Crippen LogP contribution in [0.25, 0.3) is 0 Å². The predicted octanol–water partition coefficient (Wildman–Crippen LogP) is 3.87. The molecule has 1 aromatic carbocycles. The second-order valence-corrected chi connectivity index (χ2v) is 8.72. The summed E-state index contributed by atoms with van der Waals surface area (Å²) < 4.78 is 7.64. The standard InChI is InChI=1S/C21H22N4O2S/c1-14(20(26)24-11-10-15-5-2-3-7-18(15)24)28-21-23-22-19(16-8-9-16)25(21)13-17-6-4-12-27-17/h2-7,12,14,16H,8-11,13H2,1H3. The summed E-state index contributed by atoms with van der Waals surface area (Å²) in [5, 5.41) is 9.39. The van der Waals surface area contributed by atoms with Crippen LogP contribution in [0.4, 0.5) is 5.69 Å². The van der Waals surface area contributed by atoms with Crippen LogP contribution in [0.3, 0.4) is 0 Å². The molecule has 6 nitrogen and oxygen atoms in total. The number of anilines is 1. The number of amides is 1. The van der Waals surface area contributed by atoms with E-state index in [-0.39, 0.29) is 11.2 Å². The molecule has 0 bridgehead atoms. The molecule has 1 aliphatic carbocycles. The number of fused-ring (bicyclic) bond motifs is 1. The molecule has 1 saturated carbocycles. The fourth-order valence-electron chi connectivity index (χ4n) is 3.73. The molecule has 0 spiro atoms. The molecule has 3 aromatic rings. The second kappa shape index (κ2) is 7.13. The van der Waals surface area contributed by atoms with E-state index in [1.165, 1.54) is 17.3 Å². The van der Waals surface area contributed by atoms with E-state index in [1.54, 1.807) is 6.26 Å². The van der Waals surface area contributed by atoms with Crippen molar-refractivity contribution in [2.75, 3.05) is 11.4 Å². The molecule has 1 aliphatic heterocycles. The first-order valence-electron chi connectivity index (χ1n) is 9.72. The predicted molar refractivity (Wildman–Crippen MR) is 108 cm³/mol. The molecule has 144 valence electrons. The molecule has 0 radical (unpaired) electrons. The number of rotatable bonds is 6. The lowest BCUT2D eigenvalue weighted by Crippen LogP contribution is -2.35. The van der Waals surface area contributed by atoms with Gasteiger partial charge in [-0.1, -0.05) is 30.0 Å². The van der Waals surface area contributed by atoms with E-state index < -0.39 is 0 Å². The van der Waals surface area contributed by atoms with Crippen LogP contribution >= 0.6 is 11.8 Å². The van der Waals surface area contributed by atoms with Crippen LogP contribution in [-0.2, 0) is 17.8 Å². The van der Waals surface area contributed by atoms with E-state index in [0.717, 1.165) is 48.2 Å². The summed E-state index contributed by atoms with van der Waals surface area (Å²) in [6.07, 6.45) is 4.90. The van der Waals surface area contributed by atoms with Gasteiger partial charge >= 0.3 is 0 Å². The first-order valence-corrected chi connectivity index (χ1v) is 10.6. The number of hydrogen-bond donors (Lipinski definition) is 0. The zero-order valence-corrected chi connectivity index (χ0v) is 16.6. The highest BCUT2D eigenvalue weighted by Gasteiger charge is 2.33. The third kappa shape index (κ3) is 3.24. The molecule has 28 heavy (non-hydrogen) atoms. The van der Waals surface area contributed by atoms with E-state index in [4.69, 9.17) is 4.42 Å². The summed E-state index contributed by atoms with van der Waals surface area (Å²) in [6, 6.07) is 12.0. The largest absolute Gasteiger partial charge is 0.467 e. The van der Waals surface area contributed by atoms with Gasteiger partial charge in [0.25, 0.3) is 0 Å². The van der Waals surface area contributed by atoms with E-state index in [9.17, 15) is 4.79 Å². The van der Waals surface area contributed by atoms with Crippen molar-refractivity contribution in [2.45, 2.75) is 49.1 Å². The smallest absolute Gasteiger partial charge is 0.240 e. The van der Waals surface area contributed by atoms with Crippen LogP contribution < -0.4 is 4.90 Å². The topological polar surface area (TPSA) is 64.2 Å². The minimum atomic E-state index is -0.238. The number of hydrogen-bond acceptors (Lipinski definition) is 5. The van der Waals surface area contributed by atoms with Crippen molar-refractivity contribution in [3.8, 4) is 0 Å². The lowest BCUT2D eigenvalue weighted by atomic mass is 10.2. The number of para-hydroxylation sites is 1. The van der Waals surface area contributed by atoms with Crippen molar-refractivity contribution in [3.63, 3.8) is 0 Å². The monoisotopic (exact) mass is 394 g/mol. The van der Waals surface area contributed by atoms with E-state index in [1.807, 2.05) is 42.2 Å². The molecule has 5 rings (SSSR count). The van der Waals surface area contributed by atoms with Gasteiger partial charge in [0.15, 0.2) is 5.16 Å². The third-order valence-corrected chi connectivity index (χ3v) is 6.43. The maximum atomic E-state index is 13.1. The maximum Gasteiger partial charge on any atom is 0.240 e. The van der Waals surface area contributed by atoms with Crippen LogP contribution in [0.15, 0.2) is 52.2 Å². The summed E-state index contributed by atoms with van der Waals surface area (Å²) in [4.78, 5) is 15.0. The van der Waals surface area contributed by atoms with Crippen LogP contribution in [0.5, 0.6) is 0 Å². The second-order valence-electron chi connectivity index (χ2n) is 7.41. The van der Waals surface area contributed by atoms with Gasteiger partial charge in [0.2, 0.25) is 5.91 Å². The Morgan fingerprint density at radius 2 is 2.11 bits per heavy atom. The highest BCUT2D eigenvalue weighted by Crippen LogP contribution is 2.41. The minimum absolute atomic E-state index is 0.121. The lowest BCUT2D eigenvalue weighted by molar-refractivity contribution is -0.117. The van der Waals surface area contributed by atoms with Crippen molar-refractivity contribution in [1.29, 1.82) is 0 Å². The molecule has 1 amide bonds. The Bertz CT molecular complexity index is 994. The van der Waals surface area contributed by atoms with Crippen molar-refractivity contribution in [2.24, 2.45) is 0 Å². The Labute approximate surface area is 167 Å². The molecule has 0 saturated heterocycles. The molecule has 0 N–H and O–H groups in total. The van der Waals surface area contributed by atoms with Crippen LogP contribution in [0.1, 0.15) is 42.8 Å². The molecule has 1 fully saturated rings. The van der Waals surface area contributed by atoms with Gasteiger partial charge in [-0.2, -0.15) is 0 Å². The van der Waals surface area contributed by atoms with Crippen molar-refractivity contribution >= 4 is 23.4 Å². The van der Waals surface area contributed by atoms with Gasteiger partial charge in [0.1, 0.15) is 11.6 Å². The average molecular weight is 395 g/mol. The normalized spacial score (nSPS) is 17.0. The first-order chi connectivity index (χ1) is 13.7. The van der Waals surface area contributed by atoms with Crippen LogP contribution in [0.2, 0.25) is 0 Å². The molecule has 7 heteroatoms. The quantitative estimate of drug-likeness (QED) is 0.594. The molecule has 3 heterocycles. The number of aromatic nitrogens is 3. The Morgan fingerprint density at radius 3 is 2.89 bits per heavy atom. The minimum Gasteiger partial charge on any atom is -0.467 e. The summed E-state index contributed by atoms with van der Waals surface area (Å²) in [6.45, 7) is 3.30. The number of benzene rings is 1. The number of furan rings is 1. The molecular weight excluding hydrogens is 372 g/mol. The Morgan fingerprint density at radius 1 is 1.25 bits per heavy atom. The van der Waals surface area contributed by atoms with Gasteiger partial charge in [-0.3, -0.25) is 9.36 Å². The summed E-state index contributed by atoms with van der Waals surface area (Å²) in [5.74, 6) is 2.48. The van der Waals surface area contributed by atoms with Gasteiger partial charge in [0, 0.05) is 18.2 Å². The highest BCUT2D eigenvalue weighted by atomic mass is 32.2. The fraction of sp³-hybridized carbons (Fsp3) is 0.381. The van der Waals surface area contributed by atoms with Crippen LogP contribution in [-0.4, -0.2) is 32.5 Å². The zero-order chi connectivity index (χ0) is 19.1. The Balaban J connectivity index is 1.36. The fourth-order valence-corrected chi connectivity index (χ4v) is 4.65. The number of carbonyl (C=O) groups is 1. The van der Waals surface area contributed by atoms with E-state index in [0.29, 0.717) is 12.5 Å². The molecule has 2 aromatic heterocycles. The molecular formula is C21H22N4O2S. The van der Waals surface area contributed by atoms with E-state index in [2.05, 4.69) is 20.8 Å². The maximum absolute atomic E-state index is 13.1. The Kier molecular flexibility index (Phi) is 4.47. The number of thioether (sulfide) groups is 1. The zero-order valence-electron chi connectivity index (χ0n) is 15.7. The van der Waals surface area contributed by atoms with Crippen molar-refractivity contribution in [3.05, 3.63) is 59.8 Å². The van der Waals surface area contributed by atoms with Crippen molar-refractivity contribution in [1.82, 2.24) is 14.8 Å². The first kappa shape index (κ1) is 17.6. The highest BCUT2D eigenvalue weighted by molar-refractivity contribution is 8.00. The van der Waals surface area contributed by atoms with Gasteiger partial charge in [-0.15, -0.1) is 10.2 Å². The van der Waals surface area contributed by atoms with Crippen LogP contribution in [0, 0.1) is 0 Å². The number of carbonyl (C=O) groups excluding carboxylic acids is 1. The SMILES string of the molecule is CC(Sc1nnc(C2CC2)n1Cc1ccco1)C(=O)N1CCc2ccccc21. The summed E-state index contributed by atoms with van der Waals surface area (Å²) in [7, 11) is 0. The summed E-state index contributed by atoms with van der Waals surface area (Å²) >= 11 is 1.48. The van der Waals surface area contributed by atoms with Gasteiger partial charge in [-0.25, -0.2) is 0 Å². The van der Waals surface area contributed by atoms with Gasteiger partial charge in [0.05, 0.1) is 18.1 Å². The number of nitrogens with zero attached hydrogens (tertiary/aromatic N) is 4. The molecule has 1 unspecified atom stereocenters.